The summed E-state index contributed by atoms with van der Waals surface area (Å²) in [6.07, 6.45) is 9.02. The highest BCUT2D eigenvalue weighted by atomic mass is 32.1. The Morgan fingerprint density at radius 2 is 2.19 bits per heavy atom. The molecule has 6 heteroatoms. The molecule has 3 aromatic rings. The standard InChI is InChI=1S/C10H9N5S/c1-2-13-9(12-1)10-14-3-5-15(10)7-8-11-4-6-16-8/h1-6H,7H2,(H,12,13). The molecule has 0 spiro atoms. The zero-order valence-electron chi connectivity index (χ0n) is 8.37. The first-order valence-corrected chi connectivity index (χ1v) is 5.71. The summed E-state index contributed by atoms with van der Waals surface area (Å²) in [5.41, 5.74) is 0. The summed E-state index contributed by atoms with van der Waals surface area (Å²) in [6.45, 7) is 0.730. The first-order chi connectivity index (χ1) is 7.93. The molecule has 0 atom stereocenters. The third-order valence-corrected chi connectivity index (χ3v) is 2.98. The molecule has 0 aliphatic carbocycles. The van der Waals surface area contributed by atoms with E-state index >= 15 is 0 Å². The Labute approximate surface area is 95.8 Å². The molecule has 3 aromatic heterocycles. The first-order valence-electron chi connectivity index (χ1n) is 4.83. The number of hydrogen-bond donors (Lipinski definition) is 1. The van der Waals surface area contributed by atoms with Gasteiger partial charge in [0.05, 0.1) is 6.54 Å². The lowest BCUT2D eigenvalue weighted by molar-refractivity contribution is 0.794. The molecule has 1 N–H and O–H groups in total. The van der Waals surface area contributed by atoms with E-state index in [2.05, 4.69) is 19.9 Å². The number of imidazole rings is 2. The van der Waals surface area contributed by atoms with Crippen LogP contribution in [0.1, 0.15) is 5.01 Å². The second kappa shape index (κ2) is 3.90. The summed E-state index contributed by atoms with van der Waals surface area (Å²) in [7, 11) is 0. The lowest BCUT2D eigenvalue weighted by atomic mass is 10.5. The van der Waals surface area contributed by atoms with Crippen LogP contribution in [0.15, 0.2) is 36.4 Å². The summed E-state index contributed by atoms with van der Waals surface area (Å²) < 4.78 is 2.03. The second-order valence-corrected chi connectivity index (χ2v) is 4.22. The number of hydrogen-bond acceptors (Lipinski definition) is 4. The van der Waals surface area contributed by atoms with E-state index in [0.717, 1.165) is 23.2 Å². The van der Waals surface area contributed by atoms with Gasteiger partial charge in [0.2, 0.25) is 0 Å². The Morgan fingerprint density at radius 1 is 1.19 bits per heavy atom. The van der Waals surface area contributed by atoms with Crippen LogP contribution < -0.4 is 0 Å². The molecule has 5 nitrogen and oxygen atoms in total. The Morgan fingerprint density at radius 3 is 2.94 bits per heavy atom. The zero-order valence-corrected chi connectivity index (χ0v) is 9.18. The van der Waals surface area contributed by atoms with Crippen LogP contribution in [0.2, 0.25) is 0 Å². The van der Waals surface area contributed by atoms with Crippen LogP contribution in [-0.2, 0) is 6.54 Å². The van der Waals surface area contributed by atoms with Crippen molar-refractivity contribution in [3.8, 4) is 11.6 Å². The Bertz CT molecular complexity index is 552. The van der Waals surface area contributed by atoms with Crippen molar-refractivity contribution in [1.82, 2.24) is 24.5 Å². The number of thiazole rings is 1. The highest BCUT2D eigenvalue weighted by molar-refractivity contribution is 7.09. The van der Waals surface area contributed by atoms with Gasteiger partial charge in [-0.3, -0.25) is 0 Å². The van der Waals surface area contributed by atoms with Gasteiger partial charge in [0.15, 0.2) is 11.6 Å². The van der Waals surface area contributed by atoms with Gasteiger partial charge < -0.3 is 9.55 Å². The highest BCUT2D eigenvalue weighted by Crippen LogP contribution is 2.14. The van der Waals surface area contributed by atoms with Crippen LogP contribution in [-0.4, -0.2) is 24.5 Å². The van der Waals surface area contributed by atoms with E-state index in [0.29, 0.717) is 0 Å². The normalized spacial score (nSPS) is 10.8. The van der Waals surface area contributed by atoms with Gasteiger partial charge in [-0.05, 0) is 0 Å². The van der Waals surface area contributed by atoms with Gasteiger partial charge in [-0.15, -0.1) is 11.3 Å². The molecular weight excluding hydrogens is 222 g/mol. The number of H-pyrrole nitrogens is 1. The zero-order chi connectivity index (χ0) is 10.8. The van der Waals surface area contributed by atoms with Crippen LogP contribution in [0.5, 0.6) is 0 Å². The molecule has 3 rings (SSSR count). The fourth-order valence-corrected chi connectivity index (χ4v) is 2.13. The summed E-state index contributed by atoms with van der Waals surface area (Å²) in [5.74, 6) is 1.61. The van der Waals surface area contributed by atoms with Crippen molar-refractivity contribution < 1.29 is 0 Å². The average Bonchev–Trinajstić information content (AvgIpc) is 2.98. The van der Waals surface area contributed by atoms with E-state index in [9.17, 15) is 0 Å². The third kappa shape index (κ3) is 1.63. The number of nitrogens with one attached hydrogen (secondary N) is 1. The molecule has 0 aliphatic heterocycles. The molecule has 0 aliphatic rings. The lowest BCUT2D eigenvalue weighted by Gasteiger charge is -2.02. The highest BCUT2D eigenvalue weighted by Gasteiger charge is 2.08. The van der Waals surface area contributed by atoms with Crippen LogP contribution >= 0.6 is 11.3 Å². The molecule has 0 radical (unpaired) electrons. The topological polar surface area (TPSA) is 59.4 Å². The Kier molecular flexibility index (Phi) is 2.26. The maximum Gasteiger partial charge on any atom is 0.176 e. The maximum atomic E-state index is 4.29. The minimum atomic E-state index is 0.730. The minimum Gasteiger partial charge on any atom is -0.342 e. The summed E-state index contributed by atoms with van der Waals surface area (Å²) in [6, 6.07) is 0. The molecule has 0 bridgehead atoms. The van der Waals surface area contributed by atoms with Crippen molar-refractivity contribution in [2.75, 3.05) is 0 Å². The van der Waals surface area contributed by atoms with Crippen LogP contribution in [0.25, 0.3) is 11.6 Å². The molecule has 0 saturated carbocycles. The number of nitrogens with zero attached hydrogens (tertiary/aromatic N) is 4. The maximum absolute atomic E-state index is 4.29. The molecular formula is C10H9N5S. The summed E-state index contributed by atoms with van der Waals surface area (Å²) >= 11 is 1.64. The van der Waals surface area contributed by atoms with Crippen molar-refractivity contribution in [2.45, 2.75) is 6.54 Å². The van der Waals surface area contributed by atoms with E-state index < -0.39 is 0 Å². The van der Waals surface area contributed by atoms with Crippen molar-refractivity contribution in [1.29, 1.82) is 0 Å². The molecule has 0 amide bonds. The monoisotopic (exact) mass is 231 g/mol. The number of aromatic nitrogens is 5. The minimum absolute atomic E-state index is 0.730. The third-order valence-electron chi connectivity index (χ3n) is 2.21. The predicted molar refractivity (Wildman–Crippen MR) is 61.0 cm³/mol. The average molecular weight is 231 g/mol. The second-order valence-electron chi connectivity index (χ2n) is 3.24. The van der Waals surface area contributed by atoms with E-state index in [4.69, 9.17) is 0 Å². The van der Waals surface area contributed by atoms with Crippen molar-refractivity contribution in [3.05, 3.63) is 41.4 Å². The molecule has 0 fully saturated rings. The quantitative estimate of drug-likeness (QED) is 0.747. The summed E-state index contributed by atoms with van der Waals surface area (Å²) in [4.78, 5) is 15.8. The van der Waals surface area contributed by atoms with E-state index in [-0.39, 0.29) is 0 Å². The van der Waals surface area contributed by atoms with Crippen LogP contribution in [0.3, 0.4) is 0 Å². The predicted octanol–water partition coefficient (Wildman–Crippen LogP) is 1.78. The van der Waals surface area contributed by atoms with Gasteiger partial charge in [0.1, 0.15) is 5.01 Å². The van der Waals surface area contributed by atoms with Gasteiger partial charge in [0.25, 0.3) is 0 Å². The molecule has 16 heavy (non-hydrogen) atoms. The molecule has 80 valence electrons. The van der Waals surface area contributed by atoms with Crippen molar-refractivity contribution >= 4 is 11.3 Å². The van der Waals surface area contributed by atoms with Gasteiger partial charge in [0, 0.05) is 36.4 Å². The van der Waals surface area contributed by atoms with Gasteiger partial charge in [-0.25, -0.2) is 15.0 Å². The molecule has 3 heterocycles. The lowest BCUT2D eigenvalue weighted by Crippen LogP contribution is -2.01. The van der Waals surface area contributed by atoms with E-state index in [1.54, 1.807) is 29.9 Å². The summed E-state index contributed by atoms with van der Waals surface area (Å²) in [5, 5.41) is 3.03. The fourth-order valence-electron chi connectivity index (χ4n) is 1.52. The fraction of sp³-hybridized carbons (Fsp3) is 0.100. The van der Waals surface area contributed by atoms with Crippen molar-refractivity contribution in [3.63, 3.8) is 0 Å². The molecule has 0 unspecified atom stereocenters. The van der Waals surface area contributed by atoms with Crippen LogP contribution in [0, 0.1) is 0 Å². The van der Waals surface area contributed by atoms with Crippen LogP contribution in [0.4, 0.5) is 0 Å². The molecule has 0 aromatic carbocycles. The Hall–Kier alpha value is -1.95. The van der Waals surface area contributed by atoms with Crippen molar-refractivity contribution in [2.24, 2.45) is 0 Å². The SMILES string of the molecule is c1c[nH]c(-c2nccn2Cc2nccs2)n1. The van der Waals surface area contributed by atoms with Gasteiger partial charge in [-0.1, -0.05) is 0 Å². The van der Waals surface area contributed by atoms with E-state index in [1.807, 2.05) is 22.3 Å². The first kappa shape index (κ1) is 9.29. The Balaban J connectivity index is 1.94. The van der Waals surface area contributed by atoms with E-state index in [1.165, 1.54) is 0 Å². The number of aromatic amines is 1. The number of rotatable bonds is 3. The molecule has 0 saturated heterocycles. The largest absolute Gasteiger partial charge is 0.342 e. The van der Waals surface area contributed by atoms with Gasteiger partial charge >= 0.3 is 0 Å². The van der Waals surface area contributed by atoms with Gasteiger partial charge in [-0.2, -0.15) is 0 Å². The smallest absolute Gasteiger partial charge is 0.176 e.